The number of aliphatic hydroxyl groups excluding tert-OH is 4. The van der Waals surface area contributed by atoms with E-state index in [2.05, 4.69) is 0 Å². The molecule has 2 aromatic rings. The van der Waals surface area contributed by atoms with Crippen molar-refractivity contribution in [2.45, 2.75) is 43.5 Å². The Labute approximate surface area is 213 Å². The van der Waals surface area contributed by atoms with Gasteiger partial charge in [0.15, 0.2) is 23.0 Å². The Morgan fingerprint density at radius 1 is 0.892 bits per heavy atom. The molecule has 0 saturated carbocycles. The number of phenolic OH excluding ortho intramolecular Hbond substituents is 1. The summed E-state index contributed by atoms with van der Waals surface area (Å²) in [6.45, 7) is -0.293. The quantitative estimate of drug-likeness (QED) is 0.286. The Morgan fingerprint density at radius 3 is 2.27 bits per heavy atom. The average molecular weight is 521 g/mol. The minimum absolute atomic E-state index is 0.0414. The van der Waals surface area contributed by atoms with Crippen LogP contribution in [0.25, 0.3) is 0 Å². The summed E-state index contributed by atoms with van der Waals surface area (Å²) in [5, 5.41) is 49.5. The van der Waals surface area contributed by atoms with Crippen LogP contribution in [0.3, 0.4) is 0 Å². The van der Waals surface area contributed by atoms with Gasteiger partial charge in [0, 0.05) is 5.92 Å². The molecule has 0 spiro atoms. The average Bonchev–Trinajstić information content (AvgIpc) is 3.24. The zero-order valence-electron chi connectivity index (χ0n) is 20.5. The van der Waals surface area contributed by atoms with Crippen LogP contribution >= 0.6 is 0 Å². The predicted octanol–water partition coefficient (Wildman–Crippen LogP) is 0.163. The van der Waals surface area contributed by atoms with Crippen LogP contribution in [-0.4, -0.2) is 89.6 Å². The molecule has 2 fully saturated rings. The molecule has 5 N–H and O–H groups in total. The van der Waals surface area contributed by atoms with E-state index in [1.165, 1.54) is 14.2 Å². The fourth-order valence-electron chi connectivity index (χ4n) is 4.69. The van der Waals surface area contributed by atoms with Crippen LogP contribution in [0.5, 0.6) is 23.0 Å². The van der Waals surface area contributed by atoms with Gasteiger partial charge >= 0.3 is 5.97 Å². The molecule has 7 atom stereocenters. The molecular weight excluding hydrogens is 488 g/mol. The molecule has 0 bridgehead atoms. The standard InChI is InChI=1S/C26H32O11/c1-33-19-9-13(3-5-17(19)28)7-15-12-35-25(32)16(15)8-14-4-6-18(20(10-14)34-2)36-26-24(31)23(30)22(29)21(11-27)37-26/h3-6,9-10,15-16,21-24,26-31H,7-8,11-12H2,1-2H3/t15-,16+,21?,22?,23?,24?,26?/m0/s1. The van der Waals surface area contributed by atoms with E-state index in [0.29, 0.717) is 24.3 Å². The highest BCUT2D eigenvalue weighted by molar-refractivity contribution is 5.75. The molecule has 5 unspecified atom stereocenters. The lowest BCUT2D eigenvalue weighted by atomic mass is 9.85. The molecule has 2 aliphatic rings. The Hall–Kier alpha value is -3.09. The van der Waals surface area contributed by atoms with Gasteiger partial charge in [-0.3, -0.25) is 4.79 Å². The second-order valence-electron chi connectivity index (χ2n) is 9.21. The molecule has 11 nitrogen and oxygen atoms in total. The van der Waals surface area contributed by atoms with E-state index in [0.717, 1.165) is 11.1 Å². The fraction of sp³-hybridized carbons (Fsp3) is 0.500. The molecule has 2 aliphatic heterocycles. The number of esters is 1. The second kappa shape index (κ2) is 11.5. The second-order valence-corrected chi connectivity index (χ2v) is 9.21. The van der Waals surface area contributed by atoms with Crippen molar-refractivity contribution < 1.29 is 54.0 Å². The van der Waals surface area contributed by atoms with Crippen LogP contribution in [0.15, 0.2) is 36.4 Å². The lowest BCUT2D eigenvalue weighted by molar-refractivity contribution is -0.277. The monoisotopic (exact) mass is 520 g/mol. The van der Waals surface area contributed by atoms with E-state index in [1.54, 1.807) is 36.4 Å². The van der Waals surface area contributed by atoms with Gasteiger partial charge in [0.1, 0.15) is 24.4 Å². The Bertz CT molecular complexity index is 1090. The number of aliphatic hydroxyl groups is 4. The first-order chi connectivity index (χ1) is 17.7. The van der Waals surface area contributed by atoms with Crippen molar-refractivity contribution in [1.82, 2.24) is 0 Å². The van der Waals surface area contributed by atoms with Crippen LogP contribution in [0, 0.1) is 11.8 Å². The van der Waals surface area contributed by atoms with Crippen LogP contribution < -0.4 is 14.2 Å². The molecule has 0 aliphatic carbocycles. The molecule has 37 heavy (non-hydrogen) atoms. The number of carbonyl (C=O) groups excluding carboxylic acids is 1. The van der Waals surface area contributed by atoms with Crippen molar-refractivity contribution in [2.24, 2.45) is 11.8 Å². The van der Waals surface area contributed by atoms with E-state index in [-0.39, 0.29) is 30.0 Å². The minimum Gasteiger partial charge on any atom is -0.504 e. The van der Waals surface area contributed by atoms with Gasteiger partial charge in [0.25, 0.3) is 0 Å². The van der Waals surface area contributed by atoms with Crippen molar-refractivity contribution in [3.8, 4) is 23.0 Å². The molecule has 0 radical (unpaired) electrons. The third-order valence-corrected chi connectivity index (χ3v) is 6.83. The predicted molar refractivity (Wildman–Crippen MR) is 127 cm³/mol. The number of rotatable bonds is 9. The highest BCUT2D eigenvalue weighted by Crippen LogP contribution is 2.36. The highest BCUT2D eigenvalue weighted by atomic mass is 16.7. The van der Waals surface area contributed by atoms with Crippen LogP contribution in [0.4, 0.5) is 0 Å². The number of carbonyl (C=O) groups is 1. The minimum atomic E-state index is -1.57. The van der Waals surface area contributed by atoms with Crippen LogP contribution in [-0.2, 0) is 27.1 Å². The van der Waals surface area contributed by atoms with Gasteiger partial charge in [-0.25, -0.2) is 0 Å². The van der Waals surface area contributed by atoms with E-state index in [4.69, 9.17) is 23.7 Å². The van der Waals surface area contributed by atoms with Gasteiger partial charge in [-0.2, -0.15) is 0 Å². The molecule has 11 heteroatoms. The van der Waals surface area contributed by atoms with Gasteiger partial charge < -0.3 is 49.2 Å². The van der Waals surface area contributed by atoms with Gasteiger partial charge in [-0.15, -0.1) is 0 Å². The van der Waals surface area contributed by atoms with Crippen LogP contribution in [0.2, 0.25) is 0 Å². The summed E-state index contributed by atoms with van der Waals surface area (Å²) in [5.41, 5.74) is 1.69. The smallest absolute Gasteiger partial charge is 0.309 e. The number of aromatic hydroxyl groups is 1. The van der Waals surface area contributed by atoms with Crippen molar-refractivity contribution in [3.05, 3.63) is 47.5 Å². The number of ether oxygens (including phenoxy) is 5. The molecule has 2 saturated heterocycles. The number of cyclic esters (lactones) is 1. The lowest BCUT2D eigenvalue weighted by Gasteiger charge is -2.39. The largest absolute Gasteiger partial charge is 0.504 e. The van der Waals surface area contributed by atoms with Crippen molar-refractivity contribution in [1.29, 1.82) is 0 Å². The number of hydrogen-bond donors (Lipinski definition) is 5. The van der Waals surface area contributed by atoms with Crippen LogP contribution in [0.1, 0.15) is 11.1 Å². The van der Waals surface area contributed by atoms with Crippen molar-refractivity contribution in [2.75, 3.05) is 27.4 Å². The normalized spacial score (nSPS) is 29.6. The maximum absolute atomic E-state index is 12.5. The number of methoxy groups -OCH3 is 2. The maximum atomic E-state index is 12.5. The molecule has 2 aromatic carbocycles. The van der Waals surface area contributed by atoms with Gasteiger partial charge in [-0.05, 0) is 48.2 Å². The fourth-order valence-corrected chi connectivity index (χ4v) is 4.69. The number of benzene rings is 2. The molecule has 0 amide bonds. The third-order valence-electron chi connectivity index (χ3n) is 6.83. The Balaban J connectivity index is 1.47. The summed E-state index contributed by atoms with van der Waals surface area (Å²) in [4.78, 5) is 12.5. The zero-order chi connectivity index (χ0) is 26.7. The summed E-state index contributed by atoms with van der Waals surface area (Å²) in [7, 11) is 2.91. The van der Waals surface area contributed by atoms with Crippen molar-refractivity contribution >= 4 is 5.97 Å². The van der Waals surface area contributed by atoms with E-state index >= 15 is 0 Å². The first-order valence-corrected chi connectivity index (χ1v) is 11.9. The van der Waals surface area contributed by atoms with Crippen molar-refractivity contribution in [3.63, 3.8) is 0 Å². The Morgan fingerprint density at radius 2 is 1.57 bits per heavy atom. The molecule has 0 aromatic heterocycles. The first kappa shape index (κ1) is 27.0. The maximum Gasteiger partial charge on any atom is 0.309 e. The van der Waals surface area contributed by atoms with Gasteiger partial charge in [0.05, 0.1) is 33.4 Å². The third kappa shape index (κ3) is 5.76. The summed E-state index contributed by atoms with van der Waals surface area (Å²) in [5.74, 6) is 0.132. The summed E-state index contributed by atoms with van der Waals surface area (Å²) >= 11 is 0. The molecule has 202 valence electrons. The molecule has 4 rings (SSSR count). The summed E-state index contributed by atoms with van der Waals surface area (Å²) in [6.07, 6.45) is -6.14. The Kier molecular flexibility index (Phi) is 8.40. The van der Waals surface area contributed by atoms with Gasteiger partial charge in [0.2, 0.25) is 6.29 Å². The first-order valence-electron chi connectivity index (χ1n) is 11.9. The highest BCUT2D eigenvalue weighted by Gasteiger charge is 2.45. The summed E-state index contributed by atoms with van der Waals surface area (Å²) in [6, 6.07) is 10.1. The summed E-state index contributed by atoms with van der Waals surface area (Å²) < 4.78 is 27.1. The van der Waals surface area contributed by atoms with Gasteiger partial charge in [-0.1, -0.05) is 12.1 Å². The molecular formula is C26H32O11. The zero-order valence-corrected chi connectivity index (χ0v) is 20.5. The SMILES string of the molecule is COc1cc(C[C@H]2COC(=O)[C@@H]2Cc2ccc(OC3OC(CO)C(O)C(O)C3O)c(OC)c2)ccc1O. The van der Waals surface area contributed by atoms with E-state index in [1.807, 2.05) is 0 Å². The van der Waals surface area contributed by atoms with E-state index in [9.17, 15) is 30.3 Å². The molecule has 2 heterocycles. The topological polar surface area (TPSA) is 164 Å². The number of hydrogen-bond acceptors (Lipinski definition) is 11. The van der Waals surface area contributed by atoms with E-state index < -0.39 is 43.2 Å². The lowest BCUT2D eigenvalue weighted by Crippen LogP contribution is -2.60. The number of phenols is 1.